The lowest BCUT2D eigenvalue weighted by atomic mass is 10.2. The lowest BCUT2D eigenvalue weighted by Crippen LogP contribution is -2.13. The van der Waals surface area contributed by atoms with E-state index in [1.165, 1.54) is 0 Å². The van der Waals surface area contributed by atoms with Crippen LogP contribution >= 0.6 is 11.6 Å². The van der Waals surface area contributed by atoms with Crippen molar-refractivity contribution in [2.75, 3.05) is 52.1 Å². The lowest BCUT2D eigenvalue weighted by molar-refractivity contribution is 0.0117. The number of rotatable bonds is 12. The number of alkyl halides is 1. The summed E-state index contributed by atoms with van der Waals surface area (Å²) >= 11 is 5.49. The van der Waals surface area contributed by atoms with Gasteiger partial charge in [-0.3, -0.25) is 4.98 Å². The molecule has 0 atom stereocenters. The van der Waals surface area contributed by atoms with E-state index in [1.807, 2.05) is 30.3 Å². The first-order valence-corrected chi connectivity index (χ1v) is 8.21. The molecule has 2 rings (SSSR count). The molecular formula is C17H22ClNO4. The van der Waals surface area contributed by atoms with Gasteiger partial charge in [0.15, 0.2) is 0 Å². The second-order valence-electron chi connectivity index (χ2n) is 4.71. The zero-order valence-corrected chi connectivity index (χ0v) is 13.8. The summed E-state index contributed by atoms with van der Waals surface area (Å²) in [4.78, 5) is 4.35. The van der Waals surface area contributed by atoms with Gasteiger partial charge in [-0.25, -0.2) is 0 Å². The Hall–Kier alpha value is -1.40. The van der Waals surface area contributed by atoms with Crippen LogP contribution in [0.3, 0.4) is 0 Å². The number of fused-ring (bicyclic) bond motifs is 1. The predicted molar refractivity (Wildman–Crippen MR) is 90.4 cm³/mol. The van der Waals surface area contributed by atoms with Crippen molar-refractivity contribution in [1.29, 1.82) is 0 Å². The van der Waals surface area contributed by atoms with Crippen LogP contribution in [0, 0.1) is 0 Å². The van der Waals surface area contributed by atoms with E-state index in [0.717, 1.165) is 16.7 Å². The van der Waals surface area contributed by atoms with Crippen LogP contribution in [0.1, 0.15) is 0 Å². The van der Waals surface area contributed by atoms with Crippen molar-refractivity contribution < 1.29 is 18.9 Å². The van der Waals surface area contributed by atoms with Crippen molar-refractivity contribution in [3.63, 3.8) is 0 Å². The molecule has 6 heteroatoms. The summed E-state index contributed by atoms with van der Waals surface area (Å²) in [6.07, 6.45) is 1.76. The van der Waals surface area contributed by atoms with Crippen LogP contribution in [-0.2, 0) is 14.2 Å². The van der Waals surface area contributed by atoms with Gasteiger partial charge in [-0.1, -0.05) is 18.2 Å². The van der Waals surface area contributed by atoms with Gasteiger partial charge < -0.3 is 18.9 Å². The molecule has 1 aromatic carbocycles. The maximum atomic E-state index is 5.73. The molecule has 23 heavy (non-hydrogen) atoms. The fourth-order valence-electron chi connectivity index (χ4n) is 2.00. The highest BCUT2D eigenvalue weighted by Crippen LogP contribution is 2.22. The Balaban J connectivity index is 1.54. The molecule has 0 unspecified atom stereocenters. The zero-order chi connectivity index (χ0) is 16.2. The second kappa shape index (κ2) is 11.2. The fraction of sp³-hybridized carbons (Fsp3) is 0.471. The van der Waals surface area contributed by atoms with Gasteiger partial charge in [0, 0.05) is 17.5 Å². The molecule has 0 fully saturated rings. The molecule has 1 aromatic heterocycles. The number of aromatic nitrogens is 1. The van der Waals surface area contributed by atoms with Crippen molar-refractivity contribution in [2.45, 2.75) is 0 Å². The van der Waals surface area contributed by atoms with E-state index in [4.69, 9.17) is 30.5 Å². The Labute approximate surface area is 141 Å². The molecule has 1 heterocycles. The molecule has 0 aliphatic heterocycles. The SMILES string of the molecule is ClCCOCCOCCOCCOc1cccc2cccnc12. The molecule has 0 saturated heterocycles. The normalized spacial score (nSPS) is 11.0. The van der Waals surface area contributed by atoms with Crippen molar-refractivity contribution in [1.82, 2.24) is 4.98 Å². The standard InChI is InChI=1S/C17H22ClNO4/c18-6-8-20-9-10-21-11-12-22-13-14-23-16-5-1-3-15-4-2-7-19-17(15)16/h1-5,7H,6,8-14H2. The first-order chi connectivity index (χ1) is 11.4. The summed E-state index contributed by atoms with van der Waals surface area (Å²) < 4.78 is 21.7. The van der Waals surface area contributed by atoms with E-state index in [-0.39, 0.29) is 0 Å². The molecule has 0 aliphatic carbocycles. The lowest BCUT2D eigenvalue weighted by Gasteiger charge is -2.09. The Morgan fingerprint density at radius 1 is 0.783 bits per heavy atom. The number of hydrogen-bond donors (Lipinski definition) is 0. The minimum Gasteiger partial charge on any atom is -0.489 e. The van der Waals surface area contributed by atoms with Gasteiger partial charge in [-0.05, 0) is 12.1 Å². The van der Waals surface area contributed by atoms with Gasteiger partial charge in [0.05, 0.1) is 39.6 Å². The molecule has 0 amide bonds. The molecular weight excluding hydrogens is 318 g/mol. The Kier molecular flexibility index (Phi) is 8.73. The van der Waals surface area contributed by atoms with E-state index in [2.05, 4.69) is 4.98 Å². The zero-order valence-electron chi connectivity index (χ0n) is 13.1. The quantitative estimate of drug-likeness (QED) is 0.439. The molecule has 0 N–H and O–H groups in total. The third-order valence-corrected chi connectivity index (χ3v) is 3.20. The highest BCUT2D eigenvalue weighted by Gasteiger charge is 2.02. The summed E-state index contributed by atoms with van der Waals surface area (Å²) in [7, 11) is 0. The topological polar surface area (TPSA) is 49.8 Å². The van der Waals surface area contributed by atoms with Gasteiger partial charge in [0.2, 0.25) is 0 Å². The van der Waals surface area contributed by atoms with E-state index in [0.29, 0.717) is 52.1 Å². The maximum absolute atomic E-state index is 5.73. The summed E-state index contributed by atoms with van der Waals surface area (Å²) in [5.41, 5.74) is 0.871. The molecule has 0 saturated carbocycles. The van der Waals surface area contributed by atoms with Gasteiger partial charge in [0.25, 0.3) is 0 Å². The number of ether oxygens (including phenoxy) is 4. The van der Waals surface area contributed by atoms with Crippen LogP contribution < -0.4 is 4.74 Å². The van der Waals surface area contributed by atoms with E-state index < -0.39 is 0 Å². The summed E-state index contributed by atoms with van der Waals surface area (Å²) in [6.45, 7) is 3.74. The summed E-state index contributed by atoms with van der Waals surface area (Å²) in [6, 6.07) is 9.81. The molecule has 0 radical (unpaired) electrons. The van der Waals surface area contributed by atoms with Crippen molar-refractivity contribution in [2.24, 2.45) is 0 Å². The Morgan fingerprint density at radius 3 is 2.17 bits per heavy atom. The van der Waals surface area contributed by atoms with E-state index in [9.17, 15) is 0 Å². The third kappa shape index (κ3) is 6.71. The fourth-order valence-corrected chi connectivity index (χ4v) is 2.11. The summed E-state index contributed by atoms with van der Waals surface area (Å²) in [5.74, 6) is 1.29. The smallest absolute Gasteiger partial charge is 0.145 e. The molecule has 126 valence electrons. The number of pyridine rings is 1. The summed E-state index contributed by atoms with van der Waals surface area (Å²) in [5, 5.41) is 1.07. The van der Waals surface area contributed by atoms with Crippen LogP contribution in [0.25, 0.3) is 10.9 Å². The average molecular weight is 340 g/mol. The molecule has 0 spiro atoms. The maximum Gasteiger partial charge on any atom is 0.145 e. The third-order valence-electron chi connectivity index (χ3n) is 3.05. The Bertz CT molecular complexity index is 562. The second-order valence-corrected chi connectivity index (χ2v) is 5.08. The molecule has 0 aliphatic rings. The van der Waals surface area contributed by atoms with Crippen LogP contribution in [-0.4, -0.2) is 57.1 Å². The highest BCUT2D eigenvalue weighted by molar-refractivity contribution is 6.17. The predicted octanol–water partition coefficient (Wildman–Crippen LogP) is 2.90. The van der Waals surface area contributed by atoms with Crippen LogP contribution in [0.5, 0.6) is 5.75 Å². The molecule has 5 nitrogen and oxygen atoms in total. The number of para-hydroxylation sites is 1. The number of hydrogen-bond acceptors (Lipinski definition) is 5. The minimum atomic E-state index is 0.481. The van der Waals surface area contributed by atoms with Crippen molar-refractivity contribution in [3.8, 4) is 5.75 Å². The molecule has 2 aromatic rings. The van der Waals surface area contributed by atoms with Gasteiger partial charge in [0.1, 0.15) is 17.9 Å². The minimum absolute atomic E-state index is 0.481. The molecule has 0 bridgehead atoms. The number of halogens is 1. The van der Waals surface area contributed by atoms with Crippen molar-refractivity contribution >= 4 is 22.5 Å². The monoisotopic (exact) mass is 339 g/mol. The number of nitrogens with zero attached hydrogens (tertiary/aromatic N) is 1. The van der Waals surface area contributed by atoms with Crippen LogP contribution in [0.2, 0.25) is 0 Å². The first kappa shape index (κ1) is 17.9. The Morgan fingerprint density at radius 2 is 1.43 bits per heavy atom. The van der Waals surface area contributed by atoms with Gasteiger partial charge in [-0.15, -0.1) is 11.6 Å². The highest BCUT2D eigenvalue weighted by atomic mass is 35.5. The van der Waals surface area contributed by atoms with Crippen LogP contribution in [0.4, 0.5) is 0 Å². The van der Waals surface area contributed by atoms with E-state index >= 15 is 0 Å². The van der Waals surface area contributed by atoms with E-state index in [1.54, 1.807) is 6.20 Å². The van der Waals surface area contributed by atoms with Crippen molar-refractivity contribution in [3.05, 3.63) is 36.5 Å². The van der Waals surface area contributed by atoms with Crippen LogP contribution in [0.15, 0.2) is 36.5 Å². The number of benzene rings is 1. The van der Waals surface area contributed by atoms with Gasteiger partial charge >= 0.3 is 0 Å². The largest absolute Gasteiger partial charge is 0.489 e. The average Bonchev–Trinajstić information content (AvgIpc) is 2.60. The first-order valence-electron chi connectivity index (χ1n) is 7.67. The van der Waals surface area contributed by atoms with Gasteiger partial charge in [-0.2, -0.15) is 0 Å².